The lowest BCUT2D eigenvalue weighted by Gasteiger charge is -2.15. The Balaban J connectivity index is 2.31. The molecule has 0 saturated heterocycles. The summed E-state index contributed by atoms with van der Waals surface area (Å²) < 4.78 is 92.6. The molecule has 0 aliphatic rings. The highest BCUT2D eigenvalue weighted by atomic mass is 32.2. The monoisotopic (exact) mass is 391 g/mol. The molecule has 0 aliphatic carbocycles. The van der Waals surface area contributed by atoms with Crippen LogP contribution in [0.2, 0.25) is 0 Å². The molecule has 1 atom stereocenters. The first kappa shape index (κ1) is 20.2. The normalized spacial score (nSPS) is 12.9. The van der Waals surface area contributed by atoms with Gasteiger partial charge in [0.15, 0.2) is 23.3 Å². The molecule has 142 valence electrons. The first-order valence-electron chi connectivity index (χ1n) is 7.61. The van der Waals surface area contributed by atoms with Crippen molar-refractivity contribution in [2.45, 2.75) is 37.7 Å². The largest absolute Gasteiger partial charge is 0.744 e. The van der Waals surface area contributed by atoms with Gasteiger partial charge < -0.3 is 9.29 Å². The first-order valence-corrected chi connectivity index (χ1v) is 9.02. The molecule has 0 amide bonds. The summed E-state index contributed by atoms with van der Waals surface area (Å²) in [5.74, 6) is -8.04. The number of hydrogen-bond acceptors (Lipinski definition) is 4. The highest BCUT2D eigenvalue weighted by Crippen LogP contribution is 2.29. The van der Waals surface area contributed by atoms with Crippen molar-refractivity contribution in [2.75, 3.05) is 0 Å². The molecular weight excluding hydrogens is 376 g/mol. The molecule has 0 heterocycles. The predicted molar refractivity (Wildman–Crippen MR) is 83.7 cm³/mol. The maximum absolute atomic E-state index is 13.9. The van der Waals surface area contributed by atoms with Gasteiger partial charge in [-0.1, -0.05) is 26.0 Å². The zero-order valence-electron chi connectivity index (χ0n) is 13.9. The Morgan fingerprint density at radius 3 is 1.92 bits per heavy atom. The zero-order chi connectivity index (χ0) is 19.6. The summed E-state index contributed by atoms with van der Waals surface area (Å²) in [6, 6.07) is 6.54. The van der Waals surface area contributed by atoms with Crippen LogP contribution in [0.25, 0.3) is 0 Å². The number of hydrogen-bond donors (Lipinski definition) is 0. The molecular formula is C17H15F4O4S-. The van der Waals surface area contributed by atoms with Crippen molar-refractivity contribution in [1.29, 1.82) is 0 Å². The third-order valence-electron chi connectivity index (χ3n) is 4.01. The predicted octanol–water partition coefficient (Wildman–Crippen LogP) is 4.24. The fourth-order valence-corrected chi connectivity index (χ4v) is 2.91. The third-order valence-corrected chi connectivity index (χ3v) is 4.87. The van der Waals surface area contributed by atoms with Crippen LogP contribution in [0.1, 0.15) is 37.3 Å². The Morgan fingerprint density at radius 2 is 1.50 bits per heavy atom. The first-order chi connectivity index (χ1) is 12.1. The van der Waals surface area contributed by atoms with E-state index in [0.29, 0.717) is 5.92 Å². The summed E-state index contributed by atoms with van der Waals surface area (Å²) in [4.78, 5) is -2.19. The molecule has 1 unspecified atom stereocenters. The number of benzene rings is 2. The van der Waals surface area contributed by atoms with Crippen LogP contribution in [-0.2, 0) is 16.7 Å². The Labute approximate surface area is 148 Å². The SMILES string of the molecule is CCC(C)c1ccc(OCc2c(F)c(F)c(S(=O)(=O)[O-])c(F)c2F)cc1. The molecule has 0 bridgehead atoms. The van der Waals surface area contributed by atoms with Crippen molar-refractivity contribution in [1.82, 2.24) is 0 Å². The van der Waals surface area contributed by atoms with Gasteiger partial charge in [-0.2, -0.15) is 0 Å². The van der Waals surface area contributed by atoms with Gasteiger partial charge in [0.2, 0.25) is 0 Å². The smallest absolute Gasteiger partial charge is 0.179 e. The quantitative estimate of drug-likeness (QED) is 0.420. The summed E-state index contributed by atoms with van der Waals surface area (Å²) in [6.07, 6.45) is 0.907. The van der Waals surface area contributed by atoms with E-state index in [1.54, 1.807) is 12.1 Å². The Bertz CT molecular complexity index is 882. The summed E-state index contributed by atoms with van der Waals surface area (Å²) in [6.45, 7) is 3.13. The number of ether oxygens (including phenoxy) is 1. The van der Waals surface area contributed by atoms with E-state index in [1.807, 2.05) is 13.8 Å². The van der Waals surface area contributed by atoms with Crippen LogP contribution in [0, 0.1) is 23.3 Å². The fourth-order valence-electron chi connectivity index (χ4n) is 2.29. The van der Waals surface area contributed by atoms with E-state index in [1.165, 1.54) is 12.1 Å². The maximum Gasteiger partial charge on any atom is 0.179 e. The average Bonchev–Trinajstić information content (AvgIpc) is 2.59. The standard InChI is InChI=1S/C17H16F4O4S/c1-3-9(2)10-4-6-11(7-5-10)25-8-12-13(18)15(20)17(26(22,23)24)16(21)14(12)19/h4-7,9H,3,8H2,1-2H3,(H,22,23,24)/p-1. The summed E-state index contributed by atoms with van der Waals surface area (Å²) in [7, 11) is -5.73. The van der Waals surface area contributed by atoms with Crippen molar-refractivity contribution in [3.05, 3.63) is 58.7 Å². The van der Waals surface area contributed by atoms with E-state index in [0.717, 1.165) is 12.0 Å². The minimum Gasteiger partial charge on any atom is -0.744 e. The molecule has 0 radical (unpaired) electrons. The van der Waals surface area contributed by atoms with Crippen LogP contribution in [0.5, 0.6) is 5.75 Å². The van der Waals surface area contributed by atoms with Crippen molar-refractivity contribution < 1.29 is 35.3 Å². The topological polar surface area (TPSA) is 66.4 Å². The summed E-state index contributed by atoms with van der Waals surface area (Å²) in [5, 5.41) is 0. The molecule has 4 nitrogen and oxygen atoms in total. The van der Waals surface area contributed by atoms with Crippen LogP contribution in [-0.4, -0.2) is 13.0 Å². The van der Waals surface area contributed by atoms with Gasteiger partial charge in [0.05, 0.1) is 5.56 Å². The molecule has 0 aromatic heterocycles. The second-order valence-corrected chi connectivity index (χ2v) is 7.00. The van der Waals surface area contributed by atoms with Crippen LogP contribution in [0.3, 0.4) is 0 Å². The Morgan fingerprint density at radius 1 is 1.00 bits per heavy atom. The van der Waals surface area contributed by atoms with Crippen LogP contribution in [0.15, 0.2) is 29.2 Å². The van der Waals surface area contributed by atoms with E-state index < -0.39 is 50.5 Å². The van der Waals surface area contributed by atoms with Gasteiger partial charge in [0.1, 0.15) is 27.4 Å². The summed E-state index contributed by atoms with van der Waals surface area (Å²) in [5.41, 5.74) is -0.141. The maximum atomic E-state index is 13.9. The Kier molecular flexibility index (Phi) is 5.92. The number of halogens is 4. The number of rotatable bonds is 6. The van der Waals surface area contributed by atoms with Gasteiger partial charge in [-0.25, -0.2) is 26.0 Å². The van der Waals surface area contributed by atoms with Crippen molar-refractivity contribution in [3.8, 4) is 5.75 Å². The van der Waals surface area contributed by atoms with Crippen molar-refractivity contribution in [2.24, 2.45) is 0 Å². The lowest BCUT2D eigenvalue weighted by Crippen LogP contribution is -2.14. The van der Waals surface area contributed by atoms with E-state index in [-0.39, 0.29) is 5.75 Å². The fraction of sp³-hybridized carbons (Fsp3) is 0.294. The lowest BCUT2D eigenvalue weighted by atomic mass is 9.99. The Hall–Kier alpha value is -2.13. The van der Waals surface area contributed by atoms with E-state index in [2.05, 4.69) is 0 Å². The zero-order valence-corrected chi connectivity index (χ0v) is 14.7. The third kappa shape index (κ3) is 3.99. The average molecular weight is 391 g/mol. The van der Waals surface area contributed by atoms with E-state index in [9.17, 15) is 30.5 Å². The minimum absolute atomic E-state index is 0.192. The molecule has 0 fully saturated rings. The summed E-state index contributed by atoms with van der Waals surface area (Å²) >= 11 is 0. The molecule has 2 aromatic rings. The van der Waals surface area contributed by atoms with E-state index >= 15 is 0 Å². The highest BCUT2D eigenvalue weighted by molar-refractivity contribution is 7.85. The van der Waals surface area contributed by atoms with Crippen LogP contribution in [0.4, 0.5) is 17.6 Å². The van der Waals surface area contributed by atoms with Gasteiger partial charge in [0.25, 0.3) is 0 Å². The minimum atomic E-state index is -5.73. The molecule has 0 aliphatic heterocycles. The second-order valence-electron chi connectivity index (χ2n) is 5.68. The van der Waals surface area contributed by atoms with Crippen molar-refractivity contribution in [3.63, 3.8) is 0 Å². The van der Waals surface area contributed by atoms with Crippen molar-refractivity contribution >= 4 is 10.1 Å². The lowest BCUT2D eigenvalue weighted by molar-refractivity contribution is 0.281. The van der Waals surface area contributed by atoms with Gasteiger partial charge in [-0.05, 0) is 30.0 Å². The van der Waals surface area contributed by atoms with Crippen LogP contribution < -0.4 is 4.74 Å². The molecule has 2 rings (SSSR count). The van der Waals surface area contributed by atoms with Gasteiger partial charge in [0, 0.05) is 0 Å². The molecule has 9 heteroatoms. The van der Waals surface area contributed by atoms with E-state index in [4.69, 9.17) is 4.74 Å². The van der Waals surface area contributed by atoms with Gasteiger partial charge in [-0.15, -0.1) is 0 Å². The molecule has 0 spiro atoms. The second kappa shape index (κ2) is 7.63. The molecule has 0 saturated carbocycles. The molecule has 2 aromatic carbocycles. The highest BCUT2D eigenvalue weighted by Gasteiger charge is 2.29. The van der Waals surface area contributed by atoms with Crippen LogP contribution >= 0.6 is 0 Å². The molecule has 26 heavy (non-hydrogen) atoms. The molecule has 0 N–H and O–H groups in total. The van der Waals surface area contributed by atoms with Gasteiger partial charge in [-0.3, -0.25) is 0 Å². The van der Waals surface area contributed by atoms with Gasteiger partial charge >= 0.3 is 0 Å².